The molecular weight excluding hydrogens is 208 g/mol. The standard InChI is InChI=1S/C7H14N2O4S/c1-5(10)3-9-4-6(2-7(9)11)14(8,12)13/h5-6,10H,2-4H2,1H3,(H2,8,12,13)/t5-,6?/m0/s1. The summed E-state index contributed by atoms with van der Waals surface area (Å²) in [5.41, 5.74) is 0. The molecule has 1 heterocycles. The Balaban J connectivity index is 2.65. The second-order valence-corrected chi connectivity index (χ2v) is 5.41. The molecule has 0 aliphatic carbocycles. The lowest BCUT2D eigenvalue weighted by Gasteiger charge is -2.17. The molecule has 0 bridgehead atoms. The number of nitrogens with two attached hydrogens (primary N) is 1. The summed E-state index contributed by atoms with van der Waals surface area (Å²) in [5.74, 6) is -0.273. The Morgan fingerprint density at radius 2 is 2.29 bits per heavy atom. The van der Waals surface area contributed by atoms with E-state index in [1.54, 1.807) is 0 Å². The van der Waals surface area contributed by atoms with Gasteiger partial charge in [0, 0.05) is 19.5 Å². The fraction of sp³-hybridized carbons (Fsp3) is 0.857. The van der Waals surface area contributed by atoms with E-state index in [9.17, 15) is 13.2 Å². The summed E-state index contributed by atoms with van der Waals surface area (Å²) in [5, 5.41) is 13.1. The third kappa shape index (κ3) is 2.66. The Morgan fingerprint density at radius 1 is 1.71 bits per heavy atom. The molecule has 1 saturated heterocycles. The van der Waals surface area contributed by atoms with Crippen LogP contribution in [0.3, 0.4) is 0 Å². The Kier molecular flexibility index (Phi) is 3.13. The zero-order valence-corrected chi connectivity index (χ0v) is 8.70. The van der Waals surface area contributed by atoms with E-state index in [1.807, 2.05) is 0 Å². The zero-order valence-electron chi connectivity index (χ0n) is 7.88. The number of β-amino-alcohol motifs (C(OH)–C–C–N with tert-alkyl or cyclic N) is 1. The highest BCUT2D eigenvalue weighted by atomic mass is 32.2. The molecule has 2 atom stereocenters. The quantitative estimate of drug-likeness (QED) is 0.591. The number of amides is 1. The van der Waals surface area contributed by atoms with Crippen molar-refractivity contribution in [3.63, 3.8) is 0 Å². The molecule has 0 aromatic rings. The van der Waals surface area contributed by atoms with Crippen LogP contribution in [0.5, 0.6) is 0 Å². The third-order valence-electron chi connectivity index (χ3n) is 2.13. The highest BCUT2D eigenvalue weighted by Gasteiger charge is 2.36. The second-order valence-electron chi connectivity index (χ2n) is 3.56. The van der Waals surface area contributed by atoms with E-state index in [2.05, 4.69) is 0 Å². The number of nitrogens with zero attached hydrogens (tertiary/aromatic N) is 1. The summed E-state index contributed by atoms with van der Waals surface area (Å²) in [6.45, 7) is 1.78. The minimum absolute atomic E-state index is 0.0778. The van der Waals surface area contributed by atoms with E-state index in [-0.39, 0.29) is 25.4 Å². The van der Waals surface area contributed by atoms with Crippen molar-refractivity contribution < 1.29 is 18.3 Å². The summed E-state index contributed by atoms with van der Waals surface area (Å²) in [6.07, 6.45) is -0.732. The van der Waals surface area contributed by atoms with Crippen molar-refractivity contribution in [2.24, 2.45) is 5.14 Å². The summed E-state index contributed by atoms with van der Waals surface area (Å²) < 4.78 is 21.9. The number of primary sulfonamides is 1. The number of hydrogen-bond acceptors (Lipinski definition) is 4. The van der Waals surface area contributed by atoms with E-state index >= 15 is 0 Å². The van der Waals surface area contributed by atoms with Gasteiger partial charge in [0.1, 0.15) is 5.25 Å². The topological polar surface area (TPSA) is 101 Å². The molecule has 0 aromatic carbocycles. The van der Waals surface area contributed by atoms with Crippen molar-refractivity contribution in [3.8, 4) is 0 Å². The summed E-state index contributed by atoms with van der Waals surface area (Å²) in [6, 6.07) is 0. The van der Waals surface area contributed by atoms with Crippen molar-refractivity contribution in [2.45, 2.75) is 24.7 Å². The van der Waals surface area contributed by atoms with E-state index < -0.39 is 21.4 Å². The molecule has 1 unspecified atom stereocenters. The van der Waals surface area contributed by atoms with Crippen LogP contribution < -0.4 is 5.14 Å². The molecule has 1 amide bonds. The van der Waals surface area contributed by atoms with Crippen molar-refractivity contribution >= 4 is 15.9 Å². The lowest BCUT2D eigenvalue weighted by Crippen LogP contribution is -2.35. The van der Waals surface area contributed by atoms with E-state index in [0.29, 0.717) is 0 Å². The number of likely N-dealkylation sites (tertiary alicyclic amines) is 1. The molecule has 6 nitrogen and oxygen atoms in total. The minimum atomic E-state index is -3.65. The smallest absolute Gasteiger partial charge is 0.224 e. The van der Waals surface area contributed by atoms with Crippen LogP contribution in [0.15, 0.2) is 0 Å². The van der Waals surface area contributed by atoms with Gasteiger partial charge in [-0.15, -0.1) is 0 Å². The van der Waals surface area contributed by atoms with E-state index in [1.165, 1.54) is 11.8 Å². The van der Waals surface area contributed by atoms with Gasteiger partial charge in [-0.1, -0.05) is 0 Å². The third-order valence-corrected chi connectivity index (χ3v) is 3.37. The number of hydrogen-bond donors (Lipinski definition) is 2. The number of carbonyl (C=O) groups excluding carboxylic acids is 1. The Labute approximate surface area is 82.7 Å². The van der Waals surface area contributed by atoms with Crippen LogP contribution in [-0.2, 0) is 14.8 Å². The largest absolute Gasteiger partial charge is 0.392 e. The van der Waals surface area contributed by atoms with Gasteiger partial charge in [-0.2, -0.15) is 0 Å². The van der Waals surface area contributed by atoms with Crippen LogP contribution in [0.2, 0.25) is 0 Å². The zero-order chi connectivity index (χ0) is 10.9. The Bertz CT molecular complexity index is 325. The summed E-state index contributed by atoms with van der Waals surface area (Å²) >= 11 is 0. The van der Waals surface area contributed by atoms with Crippen LogP contribution in [0, 0.1) is 0 Å². The number of carbonyl (C=O) groups is 1. The fourth-order valence-electron chi connectivity index (χ4n) is 1.45. The summed E-state index contributed by atoms with van der Waals surface area (Å²) in [7, 11) is -3.65. The maximum atomic E-state index is 11.3. The van der Waals surface area contributed by atoms with Gasteiger partial charge in [-0.25, -0.2) is 13.6 Å². The first-order chi connectivity index (χ1) is 6.30. The molecule has 1 aliphatic heterocycles. The van der Waals surface area contributed by atoms with Gasteiger partial charge < -0.3 is 10.0 Å². The SMILES string of the molecule is C[C@H](O)CN1CC(S(N)(=O)=O)CC1=O. The van der Waals surface area contributed by atoms with E-state index in [4.69, 9.17) is 10.2 Å². The highest BCUT2D eigenvalue weighted by Crippen LogP contribution is 2.16. The molecule has 1 aliphatic rings. The summed E-state index contributed by atoms with van der Waals surface area (Å²) in [4.78, 5) is 12.6. The van der Waals surface area contributed by atoms with Crippen LogP contribution >= 0.6 is 0 Å². The van der Waals surface area contributed by atoms with E-state index in [0.717, 1.165) is 0 Å². The van der Waals surface area contributed by atoms with Crippen molar-refractivity contribution in [1.82, 2.24) is 4.90 Å². The maximum Gasteiger partial charge on any atom is 0.224 e. The normalized spacial score (nSPS) is 25.5. The Hall–Kier alpha value is -0.660. The molecule has 3 N–H and O–H groups in total. The monoisotopic (exact) mass is 222 g/mol. The Morgan fingerprint density at radius 3 is 2.64 bits per heavy atom. The molecule has 0 spiro atoms. The average molecular weight is 222 g/mol. The lowest BCUT2D eigenvalue weighted by molar-refractivity contribution is -0.128. The molecule has 0 radical (unpaired) electrons. The number of aliphatic hydroxyl groups excluding tert-OH is 1. The first-order valence-electron chi connectivity index (χ1n) is 4.28. The molecule has 82 valence electrons. The van der Waals surface area contributed by atoms with Crippen LogP contribution in [0.25, 0.3) is 0 Å². The molecule has 7 heteroatoms. The number of aliphatic hydroxyl groups is 1. The lowest BCUT2D eigenvalue weighted by atomic mass is 10.4. The molecule has 0 saturated carbocycles. The molecular formula is C7H14N2O4S. The first kappa shape index (κ1) is 11.4. The fourth-order valence-corrected chi connectivity index (χ4v) is 2.21. The van der Waals surface area contributed by atoms with Gasteiger partial charge in [-0.05, 0) is 6.92 Å². The van der Waals surface area contributed by atoms with Gasteiger partial charge in [-0.3, -0.25) is 4.79 Å². The number of rotatable bonds is 3. The minimum Gasteiger partial charge on any atom is -0.392 e. The van der Waals surface area contributed by atoms with Gasteiger partial charge in [0.05, 0.1) is 6.10 Å². The average Bonchev–Trinajstić information content (AvgIpc) is 2.30. The van der Waals surface area contributed by atoms with Crippen LogP contribution in [0.1, 0.15) is 13.3 Å². The maximum absolute atomic E-state index is 11.3. The van der Waals surface area contributed by atoms with Gasteiger partial charge in [0.2, 0.25) is 15.9 Å². The number of sulfonamides is 1. The molecule has 14 heavy (non-hydrogen) atoms. The molecule has 1 fully saturated rings. The van der Waals surface area contributed by atoms with Crippen molar-refractivity contribution in [1.29, 1.82) is 0 Å². The van der Waals surface area contributed by atoms with Gasteiger partial charge >= 0.3 is 0 Å². The highest BCUT2D eigenvalue weighted by molar-refractivity contribution is 7.89. The van der Waals surface area contributed by atoms with Crippen molar-refractivity contribution in [3.05, 3.63) is 0 Å². The predicted octanol–water partition coefficient (Wildman–Crippen LogP) is -1.74. The van der Waals surface area contributed by atoms with Gasteiger partial charge in [0.15, 0.2) is 0 Å². The molecule has 1 rings (SSSR count). The second kappa shape index (κ2) is 3.84. The predicted molar refractivity (Wildman–Crippen MR) is 49.8 cm³/mol. The van der Waals surface area contributed by atoms with Crippen LogP contribution in [-0.4, -0.2) is 48.8 Å². The van der Waals surface area contributed by atoms with Crippen LogP contribution in [0.4, 0.5) is 0 Å². The van der Waals surface area contributed by atoms with Gasteiger partial charge in [0.25, 0.3) is 0 Å². The first-order valence-corrected chi connectivity index (χ1v) is 5.89. The van der Waals surface area contributed by atoms with Crippen molar-refractivity contribution in [2.75, 3.05) is 13.1 Å². The molecule has 0 aromatic heterocycles.